The van der Waals surface area contributed by atoms with E-state index in [0.29, 0.717) is 23.1 Å². The van der Waals surface area contributed by atoms with Crippen LogP contribution >= 0.6 is 0 Å². The van der Waals surface area contributed by atoms with Crippen molar-refractivity contribution in [2.45, 2.75) is 0 Å². The van der Waals surface area contributed by atoms with E-state index in [0.717, 1.165) is 11.1 Å². The van der Waals surface area contributed by atoms with E-state index >= 15 is 0 Å². The Labute approximate surface area is 143 Å². The number of nitrogens with one attached hydrogen (secondary N) is 2. The highest BCUT2D eigenvalue weighted by molar-refractivity contribution is 5.89. The fourth-order valence-corrected chi connectivity index (χ4v) is 2.49. The minimum Gasteiger partial charge on any atom is -0.339 e. The fourth-order valence-electron chi connectivity index (χ4n) is 2.49. The molecule has 124 valence electrons. The van der Waals surface area contributed by atoms with Gasteiger partial charge in [-0.1, -0.05) is 18.2 Å². The largest absolute Gasteiger partial charge is 0.339 e. The molecule has 2 aromatic heterocycles. The lowest BCUT2D eigenvalue weighted by Crippen LogP contribution is -2.03. The minimum atomic E-state index is -0.292. The van der Waals surface area contributed by atoms with Crippen LogP contribution in [0.2, 0.25) is 0 Å². The van der Waals surface area contributed by atoms with Crippen LogP contribution in [0.5, 0.6) is 0 Å². The van der Waals surface area contributed by atoms with Crippen molar-refractivity contribution < 1.29 is 4.39 Å². The number of hydrogen-bond acceptors (Lipinski definition) is 5. The van der Waals surface area contributed by atoms with Gasteiger partial charge >= 0.3 is 0 Å². The number of fused-ring (bicyclic) bond motifs is 1. The van der Waals surface area contributed by atoms with Crippen LogP contribution in [0.15, 0.2) is 60.8 Å². The number of hydrogen-bond donors (Lipinski definition) is 2. The topological polar surface area (TPSA) is 67.7 Å². The average molecular weight is 334 g/mol. The first kappa shape index (κ1) is 15.1. The summed E-state index contributed by atoms with van der Waals surface area (Å²) >= 11 is 0. The molecule has 4 rings (SSSR count). The van der Waals surface area contributed by atoms with Crippen LogP contribution in [-0.4, -0.2) is 19.7 Å². The highest BCUT2D eigenvalue weighted by Crippen LogP contribution is 2.26. The third-order valence-corrected chi connectivity index (χ3v) is 3.73. The normalized spacial score (nSPS) is 10.8. The van der Waals surface area contributed by atoms with E-state index in [9.17, 15) is 4.39 Å². The Hall–Kier alpha value is -3.48. The fraction of sp³-hybridized carbons (Fsp3) is 0.0556. The molecule has 6 nitrogen and oxygen atoms in total. The van der Waals surface area contributed by atoms with Crippen molar-refractivity contribution in [1.29, 1.82) is 0 Å². The molecule has 0 unspecified atom stereocenters. The Morgan fingerprint density at radius 1 is 0.880 bits per heavy atom. The van der Waals surface area contributed by atoms with Gasteiger partial charge in [-0.3, -0.25) is 4.68 Å². The number of anilines is 4. The van der Waals surface area contributed by atoms with Crippen molar-refractivity contribution in [2.75, 3.05) is 10.6 Å². The predicted molar refractivity (Wildman–Crippen MR) is 95.7 cm³/mol. The molecule has 25 heavy (non-hydrogen) atoms. The summed E-state index contributed by atoms with van der Waals surface area (Å²) in [6.07, 6.45) is 1.72. The van der Waals surface area contributed by atoms with Gasteiger partial charge in [-0.05, 0) is 36.4 Å². The molecule has 2 aromatic carbocycles. The van der Waals surface area contributed by atoms with E-state index in [4.69, 9.17) is 0 Å². The third-order valence-electron chi connectivity index (χ3n) is 3.73. The van der Waals surface area contributed by atoms with E-state index in [-0.39, 0.29) is 5.82 Å². The van der Waals surface area contributed by atoms with Gasteiger partial charge in [-0.25, -0.2) is 4.39 Å². The van der Waals surface area contributed by atoms with E-state index in [1.807, 2.05) is 37.4 Å². The molecule has 0 bridgehead atoms. The number of benzene rings is 2. The molecule has 7 heteroatoms. The second-order valence-electron chi connectivity index (χ2n) is 5.52. The van der Waals surface area contributed by atoms with Gasteiger partial charge in [0.05, 0.1) is 11.6 Å². The summed E-state index contributed by atoms with van der Waals surface area (Å²) in [5, 5.41) is 11.5. The standard InChI is InChI=1S/C18H15FN6/c1-25-17-15(11-20-25)16(21-13-5-3-2-4-6-13)23-18(24-17)22-14-9-7-12(19)8-10-14/h2-11H,1H3,(H2,21,22,23,24). The molecular weight excluding hydrogens is 319 g/mol. The van der Waals surface area contributed by atoms with Crippen molar-refractivity contribution in [3.05, 3.63) is 66.6 Å². The lowest BCUT2D eigenvalue weighted by atomic mass is 10.3. The maximum absolute atomic E-state index is 13.1. The monoisotopic (exact) mass is 334 g/mol. The van der Waals surface area contributed by atoms with Crippen LogP contribution in [0.25, 0.3) is 11.0 Å². The van der Waals surface area contributed by atoms with Gasteiger partial charge in [0.25, 0.3) is 0 Å². The molecule has 0 saturated heterocycles. The minimum absolute atomic E-state index is 0.292. The number of para-hydroxylation sites is 1. The van der Waals surface area contributed by atoms with Crippen LogP contribution < -0.4 is 10.6 Å². The highest BCUT2D eigenvalue weighted by Gasteiger charge is 2.12. The molecule has 0 saturated carbocycles. The Balaban J connectivity index is 1.74. The molecule has 0 aliphatic carbocycles. The summed E-state index contributed by atoms with van der Waals surface area (Å²) in [4.78, 5) is 9.05. The Kier molecular flexibility index (Phi) is 3.74. The maximum Gasteiger partial charge on any atom is 0.231 e. The molecular formula is C18H15FN6. The lowest BCUT2D eigenvalue weighted by molar-refractivity contribution is 0.628. The molecule has 0 spiro atoms. The third kappa shape index (κ3) is 3.12. The van der Waals surface area contributed by atoms with Crippen molar-refractivity contribution in [3.63, 3.8) is 0 Å². The molecule has 2 N–H and O–H groups in total. The van der Waals surface area contributed by atoms with Gasteiger partial charge in [0.15, 0.2) is 5.65 Å². The number of aromatic nitrogens is 4. The summed E-state index contributed by atoms with van der Waals surface area (Å²) in [5.41, 5.74) is 2.31. The highest BCUT2D eigenvalue weighted by atomic mass is 19.1. The summed E-state index contributed by atoms with van der Waals surface area (Å²) < 4.78 is 14.8. The number of rotatable bonds is 4. The number of aryl methyl sites for hydroxylation is 1. The summed E-state index contributed by atoms with van der Waals surface area (Å²) in [6, 6.07) is 15.8. The van der Waals surface area contributed by atoms with Crippen LogP contribution in [0.3, 0.4) is 0 Å². The van der Waals surface area contributed by atoms with Gasteiger partial charge < -0.3 is 10.6 Å². The maximum atomic E-state index is 13.1. The predicted octanol–water partition coefficient (Wildman–Crippen LogP) is 3.99. The molecule has 0 radical (unpaired) electrons. The zero-order valence-corrected chi connectivity index (χ0v) is 13.4. The smallest absolute Gasteiger partial charge is 0.231 e. The zero-order valence-electron chi connectivity index (χ0n) is 13.4. The van der Waals surface area contributed by atoms with Crippen LogP contribution in [0.1, 0.15) is 0 Å². The van der Waals surface area contributed by atoms with Gasteiger partial charge in [-0.15, -0.1) is 0 Å². The molecule has 0 amide bonds. The first-order valence-corrected chi connectivity index (χ1v) is 7.73. The van der Waals surface area contributed by atoms with Gasteiger partial charge in [0, 0.05) is 18.4 Å². The Morgan fingerprint density at radius 2 is 1.60 bits per heavy atom. The molecule has 2 heterocycles. The quantitative estimate of drug-likeness (QED) is 0.591. The first-order chi connectivity index (χ1) is 12.2. The number of halogens is 1. The van der Waals surface area contributed by atoms with E-state index in [1.165, 1.54) is 12.1 Å². The van der Waals surface area contributed by atoms with Crippen LogP contribution in [0, 0.1) is 5.82 Å². The molecule has 4 aromatic rings. The summed E-state index contributed by atoms with van der Waals surface area (Å²) in [6.45, 7) is 0. The van der Waals surface area contributed by atoms with Gasteiger partial charge in [0.2, 0.25) is 5.95 Å². The van der Waals surface area contributed by atoms with Gasteiger partial charge in [0.1, 0.15) is 11.6 Å². The summed E-state index contributed by atoms with van der Waals surface area (Å²) in [5.74, 6) is 0.759. The molecule has 0 fully saturated rings. The molecule has 0 aliphatic rings. The zero-order chi connectivity index (χ0) is 17.2. The van der Waals surface area contributed by atoms with Crippen LogP contribution in [-0.2, 0) is 7.05 Å². The number of nitrogens with zero attached hydrogens (tertiary/aromatic N) is 4. The second-order valence-corrected chi connectivity index (χ2v) is 5.52. The van der Waals surface area contributed by atoms with Crippen molar-refractivity contribution in [3.8, 4) is 0 Å². The Morgan fingerprint density at radius 3 is 2.36 bits per heavy atom. The summed E-state index contributed by atoms with van der Waals surface area (Å²) in [7, 11) is 1.82. The van der Waals surface area contributed by atoms with Crippen molar-refractivity contribution >= 4 is 34.2 Å². The van der Waals surface area contributed by atoms with Crippen molar-refractivity contribution in [1.82, 2.24) is 19.7 Å². The Bertz CT molecular complexity index is 1010. The van der Waals surface area contributed by atoms with E-state index in [1.54, 1.807) is 23.0 Å². The SMILES string of the molecule is Cn1ncc2c(Nc3ccccc3)nc(Nc3ccc(F)cc3)nc21. The molecule has 0 atom stereocenters. The van der Waals surface area contributed by atoms with Crippen LogP contribution in [0.4, 0.5) is 27.5 Å². The lowest BCUT2D eigenvalue weighted by Gasteiger charge is -2.10. The second kappa shape index (κ2) is 6.20. The van der Waals surface area contributed by atoms with Gasteiger partial charge in [-0.2, -0.15) is 15.1 Å². The molecule has 0 aliphatic heterocycles. The van der Waals surface area contributed by atoms with E-state index in [2.05, 4.69) is 25.7 Å². The average Bonchev–Trinajstić information content (AvgIpc) is 2.99. The van der Waals surface area contributed by atoms with Crippen molar-refractivity contribution in [2.24, 2.45) is 7.05 Å². The van der Waals surface area contributed by atoms with E-state index < -0.39 is 0 Å². The first-order valence-electron chi connectivity index (χ1n) is 7.73.